The monoisotopic (exact) mass is 431 g/mol. The van der Waals surface area contributed by atoms with Gasteiger partial charge in [-0.2, -0.15) is 0 Å². The zero-order valence-corrected chi connectivity index (χ0v) is 19.5. The van der Waals surface area contributed by atoms with E-state index in [9.17, 15) is 4.79 Å². The van der Waals surface area contributed by atoms with E-state index in [1.165, 1.54) is 12.7 Å². The SMILES string of the molecule is COC(=O)c1ccc(CCN(C)C(C)(C)COC(c2ccccc2)c2ccccc2)cc1. The third-order valence-electron chi connectivity index (χ3n) is 5.95. The normalized spacial score (nSPS) is 11.7. The molecule has 0 unspecified atom stereocenters. The Morgan fingerprint density at radius 2 is 1.41 bits per heavy atom. The molecule has 4 heteroatoms. The van der Waals surface area contributed by atoms with Gasteiger partial charge in [0.2, 0.25) is 0 Å². The molecule has 3 rings (SSSR count). The molecular formula is C28H33NO3. The number of hydrogen-bond acceptors (Lipinski definition) is 4. The van der Waals surface area contributed by atoms with Crippen LogP contribution in [0.3, 0.4) is 0 Å². The van der Waals surface area contributed by atoms with Crippen LogP contribution in [0.5, 0.6) is 0 Å². The standard InChI is InChI=1S/C28H33NO3/c1-28(2,29(3)20-19-22-15-17-25(18-16-22)27(30)31-4)21-32-26(23-11-7-5-8-12-23)24-13-9-6-10-14-24/h5-18,26H,19-21H2,1-4H3. The predicted octanol–water partition coefficient (Wildman–Crippen LogP) is 5.53. The van der Waals surface area contributed by atoms with Crippen LogP contribution in [0.25, 0.3) is 0 Å². The smallest absolute Gasteiger partial charge is 0.337 e. The van der Waals surface area contributed by atoms with Crippen molar-refractivity contribution >= 4 is 5.97 Å². The summed E-state index contributed by atoms with van der Waals surface area (Å²) in [5.74, 6) is -0.307. The maximum atomic E-state index is 11.6. The number of rotatable bonds is 10. The van der Waals surface area contributed by atoms with Crippen LogP contribution >= 0.6 is 0 Å². The maximum Gasteiger partial charge on any atom is 0.337 e. The van der Waals surface area contributed by atoms with Crippen molar-refractivity contribution in [3.63, 3.8) is 0 Å². The largest absolute Gasteiger partial charge is 0.465 e. The van der Waals surface area contributed by atoms with Gasteiger partial charge in [0, 0.05) is 12.1 Å². The molecule has 3 aromatic rings. The molecule has 4 nitrogen and oxygen atoms in total. The topological polar surface area (TPSA) is 38.8 Å². The molecule has 0 spiro atoms. The molecule has 0 N–H and O–H groups in total. The summed E-state index contributed by atoms with van der Waals surface area (Å²) in [6, 6.07) is 28.4. The number of benzene rings is 3. The van der Waals surface area contributed by atoms with Crippen LogP contribution in [-0.2, 0) is 15.9 Å². The number of esters is 1. The van der Waals surface area contributed by atoms with Crippen LogP contribution in [0.1, 0.15) is 47.0 Å². The molecular weight excluding hydrogens is 398 g/mol. The lowest BCUT2D eigenvalue weighted by molar-refractivity contribution is -0.00413. The van der Waals surface area contributed by atoms with E-state index in [1.54, 1.807) is 0 Å². The molecule has 0 aliphatic heterocycles. The van der Waals surface area contributed by atoms with Crippen molar-refractivity contribution in [3.05, 3.63) is 107 Å². The first-order chi connectivity index (χ1) is 15.4. The third-order valence-corrected chi connectivity index (χ3v) is 5.95. The molecule has 0 amide bonds. The molecule has 3 aromatic carbocycles. The van der Waals surface area contributed by atoms with Crippen LogP contribution in [-0.4, -0.2) is 43.7 Å². The Bertz CT molecular complexity index is 929. The minimum Gasteiger partial charge on any atom is -0.465 e. The van der Waals surface area contributed by atoms with Crippen molar-refractivity contribution in [2.75, 3.05) is 27.3 Å². The van der Waals surface area contributed by atoms with E-state index in [0.717, 1.165) is 24.1 Å². The minimum absolute atomic E-state index is 0.101. The molecule has 32 heavy (non-hydrogen) atoms. The summed E-state index contributed by atoms with van der Waals surface area (Å²) in [5, 5.41) is 0. The van der Waals surface area contributed by atoms with Crippen molar-refractivity contribution in [2.45, 2.75) is 31.9 Å². The van der Waals surface area contributed by atoms with Gasteiger partial charge >= 0.3 is 5.97 Å². The van der Waals surface area contributed by atoms with Gasteiger partial charge in [-0.05, 0) is 56.1 Å². The number of carbonyl (C=O) groups is 1. The summed E-state index contributed by atoms with van der Waals surface area (Å²) >= 11 is 0. The molecule has 0 saturated carbocycles. The number of likely N-dealkylation sites (N-methyl/N-ethyl adjacent to an activating group) is 1. The first-order valence-electron chi connectivity index (χ1n) is 11.0. The van der Waals surface area contributed by atoms with Crippen molar-refractivity contribution in [2.24, 2.45) is 0 Å². The van der Waals surface area contributed by atoms with Gasteiger partial charge in [0.05, 0.1) is 19.3 Å². The minimum atomic E-state index is -0.307. The fourth-order valence-electron chi connectivity index (χ4n) is 3.56. The van der Waals surface area contributed by atoms with Gasteiger partial charge in [-0.1, -0.05) is 72.8 Å². The predicted molar refractivity (Wildman–Crippen MR) is 129 cm³/mol. The lowest BCUT2D eigenvalue weighted by Gasteiger charge is -2.37. The highest BCUT2D eigenvalue weighted by atomic mass is 16.5. The van der Waals surface area contributed by atoms with Crippen molar-refractivity contribution < 1.29 is 14.3 Å². The van der Waals surface area contributed by atoms with Crippen molar-refractivity contribution in [3.8, 4) is 0 Å². The van der Waals surface area contributed by atoms with Gasteiger partial charge in [-0.25, -0.2) is 4.79 Å². The average molecular weight is 432 g/mol. The number of methoxy groups -OCH3 is 1. The van der Waals surface area contributed by atoms with Gasteiger partial charge in [-0.15, -0.1) is 0 Å². The first-order valence-corrected chi connectivity index (χ1v) is 11.0. The molecule has 0 aliphatic rings. The van der Waals surface area contributed by atoms with Crippen LogP contribution in [0, 0.1) is 0 Å². The second-order valence-corrected chi connectivity index (χ2v) is 8.68. The van der Waals surface area contributed by atoms with Gasteiger partial charge in [0.25, 0.3) is 0 Å². The van der Waals surface area contributed by atoms with E-state index in [4.69, 9.17) is 9.47 Å². The zero-order chi connectivity index (χ0) is 23.0. The highest BCUT2D eigenvalue weighted by Crippen LogP contribution is 2.28. The fourth-order valence-corrected chi connectivity index (χ4v) is 3.56. The Morgan fingerprint density at radius 1 is 0.875 bits per heavy atom. The lowest BCUT2D eigenvalue weighted by atomic mass is 10.00. The number of hydrogen-bond donors (Lipinski definition) is 0. The second kappa shape index (κ2) is 11.1. The summed E-state index contributed by atoms with van der Waals surface area (Å²) in [7, 11) is 3.53. The van der Waals surface area contributed by atoms with E-state index >= 15 is 0 Å². The molecule has 0 aromatic heterocycles. The average Bonchev–Trinajstić information content (AvgIpc) is 2.83. The van der Waals surface area contributed by atoms with Gasteiger partial charge in [0.1, 0.15) is 6.10 Å². The Labute approximate surface area is 191 Å². The maximum absolute atomic E-state index is 11.6. The Hall–Kier alpha value is -2.95. The molecule has 0 fully saturated rings. The van der Waals surface area contributed by atoms with E-state index < -0.39 is 0 Å². The van der Waals surface area contributed by atoms with E-state index in [-0.39, 0.29) is 17.6 Å². The van der Waals surface area contributed by atoms with Crippen molar-refractivity contribution in [1.29, 1.82) is 0 Å². The van der Waals surface area contributed by atoms with E-state index in [1.807, 2.05) is 36.4 Å². The Balaban J connectivity index is 1.61. The summed E-state index contributed by atoms with van der Waals surface area (Å²) in [5.41, 5.74) is 3.93. The highest BCUT2D eigenvalue weighted by Gasteiger charge is 2.26. The first kappa shape index (κ1) is 23.7. The van der Waals surface area contributed by atoms with Gasteiger partial charge < -0.3 is 9.47 Å². The molecule has 0 aliphatic carbocycles. The highest BCUT2D eigenvalue weighted by molar-refractivity contribution is 5.89. The third kappa shape index (κ3) is 6.28. The van der Waals surface area contributed by atoms with E-state index in [2.05, 4.69) is 74.3 Å². The molecule has 0 atom stereocenters. The number of nitrogens with zero attached hydrogens (tertiary/aromatic N) is 1. The van der Waals surface area contributed by atoms with Gasteiger partial charge in [-0.3, -0.25) is 4.90 Å². The van der Waals surface area contributed by atoms with Crippen LogP contribution < -0.4 is 0 Å². The molecule has 0 bridgehead atoms. The molecule has 168 valence electrons. The number of carbonyl (C=O) groups excluding carboxylic acids is 1. The van der Waals surface area contributed by atoms with Crippen molar-refractivity contribution in [1.82, 2.24) is 4.90 Å². The molecule has 0 heterocycles. The molecule has 0 saturated heterocycles. The lowest BCUT2D eigenvalue weighted by Crippen LogP contribution is -2.46. The summed E-state index contributed by atoms with van der Waals surface area (Å²) < 4.78 is 11.3. The van der Waals surface area contributed by atoms with Gasteiger partial charge in [0.15, 0.2) is 0 Å². The fraction of sp³-hybridized carbons (Fsp3) is 0.321. The van der Waals surface area contributed by atoms with Crippen LogP contribution in [0.2, 0.25) is 0 Å². The summed E-state index contributed by atoms with van der Waals surface area (Å²) in [4.78, 5) is 13.9. The summed E-state index contributed by atoms with van der Waals surface area (Å²) in [6.45, 7) is 5.90. The quantitative estimate of drug-likeness (QED) is 0.396. The van der Waals surface area contributed by atoms with Crippen LogP contribution in [0.4, 0.5) is 0 Å². The Morgan fingerprint density at radius 3 is 1.91 bits per heavy atom. The number of ether oxygens (including phenoxy) is 2. The second-order valence-electron chi connectivity index (χ2n) is 8.68. The van der Waals surface area contributed by atoms with E-state index in [0.29, 0.717) is 12.2 Å². The zero-order valence-electron chi connectivity index (χ0n) is 19.5. The molecule has 0 radical (unpaired) electrons. The van der Waals surface area contributed by atoms with Crippen LogP contribution in [0.15, 0.2) is 84.9 Å². The Kier molecular flexibility index (Phi) is 8.20. The summed E-state index contributed by atoms with van der Waals surface area (Å²) in [6.07, 6.45) is 0.790.